The summed E-state index contributed by atoms with van der Waals surface area (Å²) in [4.78, 5) is 14.6. The fraction of sp³-hybridized carbons (Fsp3) is 0.318. The molecule has 0 atom stereocenters. The standard InChI is InChI=1S/C22H23NO6/c1-23(2)8-7-13-9-18(25-3)19(26-4)11-14(13)10-17-15-5-6-16-21(28-12-27-16)20(15)22(24)29-17/h5-6,9-11H,7-8,12H2,1-4H3. The Balaban J connectivity index is 1.80. The molecule has 0 saturated carbocycles. The van der Waals surface area contributed by atoms with E-state index in [0.29, 0.717) is 39.9 Å². The number of carbonyl (C=O) groups excluding carboxylic acids is 1. The fourth-order valence-electron chi connectivity index (χ4n) is 3.47. The zero-order chi connectivity index (χ0) is 20.5. The molecule has 0 unspecified atom stereocenters. The van der Waals surface area contributed by atoms with Crippen molar-refractivity contribution in [1.29, 1.82) is 0 Å². The maximum Gasteiger partial charge on any atom is 0.348 e. The van der Waals surface area contributed by atoms with Crippen LogP contribution in [0.3, 0.4) is 0 Å². The number of benzene rings is 2. The van der Waals surface area contributed by atoms with Gasteiger partial charge in [0.15, 0.2) is 23.0 Å². The van der Waals surface area contributed by atoms with Crippen LogP contribution in [0, 0.1) is 0 Å². The molecule has 0 bridgehead atoms. The molecule has 0 aliphatic carbocycles. The van der Waals surface area contributed by atoms with E-state index in [1.165, 1.54) is 0 Å². The van der Waals surface area contributed by atoms with Crippen molar-refractivity contribution in [3.63, 3.8) is 0 Å². The average Bonchev–Trinajstić information content (AvgIpc) is 3.30. The summed E-state index contributed by atoms with van der Waals surface area (Å²) >= 11 is 0. The highest BCUT2D eigenvalue weighted by Gasteiger charge is 2.34. The van der Waals surface area contributed by atoms with Crippen molar-refractivity contribution in [2.24, 2.45) is 0 Å². The lowest BCUT2D eigenvalue weighted by atomic mass is 10.00. The third-order valence-electron chi connectivity index (χ3n) is 4.97. The number of rotatable bonds is 6. The van der Waals surface area contributed by atoms with E-state index in [9.17, 15) is 4.79 Å². The lowest BCUT2D eigenvalue weighted by molar-refractivity contribution is 0.0713. The third kappa shape index (κ3) is 3.49. The minimum absolute atomic E-state index is 0.0997. The summed E-state index contributed by atoms with van der Waals surface area (Å²) in [6.07, 6.45) is 2.66. The first kappa shape index (κ1) is 19.1. The first-order valence-corrected chi connectivity index (χ1v) is 9.28. The molecule has 0 spiro atoms. The van der Waals surface area contributed by atoms with E-state index in [1.54, 1.807) is 20.3 Å². The van der Waals surface area contributed by atoms with Crippen LogP contribution in [0.25, 0.3) is 11.8 Å². The highest BCUT2D eigenvalue weighted by atomic mass is 16.7. The number of fused-ring (bicyclic) bond motifs is 3. The molecule has 0 aromatic heterocycles. The molecular weight excluding hydrogens is 374 g/mol. The Bertz CT molecular complexity index is 995. The van der Waals surface area contributed by atoms with Gasteiger partial charge >= 0.3 is 5.97 Å². The number of methoxy groups -OCH3 is 2. The topological polar surface area (TPSA) is 66.5 Å². The molecule has 2 aliphatic rings. The SMILES string of the molecule is COc1cc(C=C2OC(=O)c3c2ccc2c3OCO2)c(CCN(C)C)cc1OC. The van der Waals surface area contributed by atoms with Crippen LogP contribution in [0.2, 0.25) is 0 Å². The van der Waals surface area contributed by atoms with Gasteiger partial charge in [-0.05, 0) is 62.0 Å². The van der Waals surface area contributed by atoms with Gasteiger partial charge in [0.25, 0.3) is 0 Å². The van der Waals surface area contributed by atoms with Gasteiger partial charge in [-0.1, -0.05) is 0 Å². The van der Waals surface area contributed by atoms with E-state index in [4.69, 9.17) is 23.7 Å². The first-order chi connectivity index (χ1) is 14.0. The molecule has 0 N–H and O–H groups in total. The Labute approximate surface area is 169 Å². The fourth-order valence-corrected chi connectivity index (χ4v) is 3.47. The zero-order valence-electron chi connectivity index (χ0n) is 16.9. The Morgan fingerprint density at radius 3 is 2.59 bits per heavy atom. The van der Waals surface area contributed by atoms with E-state index in [-0.39, 0.29) is 6.79 Å². The van der Waals surface area contributed by atoms with Crippen LogP contribution >= 0.6 is 0 Å². The number of esters is 1. The Morgan fingerprint density at radius 1 is 1.10 bits per heavy atom. The number of nitrogens with zero attached hydrogens (tertiary/aromatic N) is 1. The van der Waals surface area contributed by atoms with Crippen LogP contribution in [-0.4, -0.2) is 52.5 Å². The molecule has 152 valence electrons. The van der Waals surface area contributed by atoms with Crippen LogP contribution in [0.5, 0.6) is 23.0 Å². The second-order valence-corrected chi connectivity index (χ2v) is 7.08. The Morgan fingerprint density at radius 2 is 1.86 bits per heavy atom. The summed E-state index contributed by atoms with van der Waals surface area (Å²) in [6, 6.07) is 7.47. The molecule has 0 radical (unpaired) electrons. The number of hydrogen-bond acceptors (Lipinski definition) is 7. The summed E-state index contributed by atoms with van der Waals surface area (Å²) in [5.41, 5.74) is 3.06. The summed E-state index contributed by atoms with van der Waals surface area (Å²) in [5.74, 6) is 2.31. The molecule has 0 saturated heterocycles. The van der Waals surface area contributed by atoms with E-state index in [2.05, 4.69) is 4.90 Å². The summed E-state index contributed by atoms with van der Waals surface area (Å²) in [7, 11) is 7.26. The van der Waals surface area contributed by atoms with Crippen LogP contribution in [0.1, 0.15) is 27.0 Å². The van der Waals surface area contributed by atoms with Gasteiger partial charge in [0.05, 0.1) is 14.2 Å². The molecule has 2 aromatic rings. The maximum absolute atomic E-state index is 12.5. The second kappa shape index (κ2) is 7.67. The first-order valence-electron chi connectivity index (χ1n) is 9.28. The Kier molecular flexibility index (Phi) is 5.07. The van der Waals surface area contributed by atoms with E-state index in [0.717, 1.165) is 24.1 Å². The molecule has 0 amide bonds. The number of likely N-dealkylation sites (N-methyl/N-ethyl adjacent to an activating group) is 1. The minimum Gasteiger partial charge on any atom is -0.493 e. The normalized spacial score (nSPS) is 15.6. The lowest BCUT2D eigenvalue weighted by Gasteiger charge is -2.15. The van der Waals surface area contributed by atoms with Crippen molar-refractivity contribution >= 4 is 17.8 Å². The average molecular weight is 397 g/mol. The smallest absolute Gasteiger partial charge is 0.348 e. The largest absolute Gasteiger partial charge is 0.493 e. The quantitative estimate of drug-likeness (QED) is 0.694. The maximum atomic E-state index is 12.5. The van der Waals surface area contributed by atoms with Crippen LogP contribution in [0.4, 0.5) is 0 Å². The molecular formula is C22H23NO6. The molecule has 29 heavy (non-hydrogen) atoms. The molecule has 4 rings (SSSR count). The predicted octanol–water partition coefficient (Wildman–Crippen LogP) is 3.21. The number of ether oxygens (including phenoxy) is 5. The number of carbonyl (C=O) groups is 1. The van der Waals surface area contributed by atoms with Crippen molar-refractivity contribution < 1.29 is 28.5 Å². The summed E-state index contributed by atoms with van der Waals surface area (Å²) in [6.45, 7) is 0.962. The second-order valence-electron chi connectivity index (χ2n) is 7.08. The van der Waals surface area contributed by atoms with E-state index >= 15 is 0 Å². The van der Waals surface area contributed by atoms with Gasteiger partial charge in [0.2, 0.25) is 6.79 Å². The van der Waals surface area contributed by atoms with Crippen LogP contribution in [0.15, 0.2) is 24.3 Å². The third-order valence-corrected chi connectivity index (χ3v) is 4.97. The van der Waals surface area contributed by atoms with Crippen molar-refractivity contribution in [2.45, 2.75) is 6.42 Å². The van der Waals surface area contributed by atoms with Gasteiger partial charge in [-0.3, -0.25) is 0 Å². The zero-order valence-corrected chi connectivity index (χ0v) is 16.9. The molecule has 7 heteroatoms. The molecule has 2 heterocycles. The van der Waals surface area contributed by atoms with Crippen LogP contribution < -0.4 is 18.9 Å². The Hall–Kier alpha value is -3.19. The van der Waals surface area contributed by atoms with E-state index in [1.807, 2.05) is 38.4 Å². The summed E-state index contributed by atoms with van der Waals surface area (Å²) in [5, 5.41) is 0. The molecule has 2 aliphatic heterocycles. The minimum atomic E-state index is -0.441. The van der Waals surface area contributed by atoms with Gasteiger partial charge in [-0.15, -0.1) is 0 Å². The highest BCUT2D eigenvalue weighted by molar-refractivity contribution is 6.08. The van der Waals surface area contributed by atoms with Gasteiger partial charge in [-0.2, -0.15) is 0 Å². The summed E-state index contributed by atoms with van der Waals surface area (Å²) < 4.78 is 27.3. The predicted molar refractivity (Wildman–Crippen MR) is 108 cm³/mol. The number of cyclic esters (lactones) is 1. The molecule has 0 fully saturated rings. The van der Waals surface area contributed by atoms with Crippen molar-refractivity contribution in [1.82, 2.24) is 4.90 Å². The van der Waals surface area contributed by atoms with E-state index < -0.39 is 5.97 Å². The van der Waals surface area contributed by atoms with Crippen molar-refractivity contribution in [3.05, 3.63) is 46.5 Å². The highest BCUT2D eigenvalue weighted by Crippen LogP contribution is 2.44. The molecule has 2 aromatic carbocycles. The monoisotopic (exact) mass is 397 g/mol. The van der Waals surface area contributed by atoms with Gasteiger partial charge in [0, 0.05) is 12.1 Å². The molecule has 7 nitrogen and oxygen atoms in total. The van der Waals surface area contributed by atoms with Gasteiger partial charge in [0.1, 0.15) is 11.3 Å². The van der Waals surface area contributed by atoms with Crippen molar-refractivity contribution in [2.75, 3.05) is 41.7 Å². The van der Waals surface area contributed by atoms with Gasteiger partial charge < -0.3 is 28.6 Å². The van der Waals surface area contributed by atoms with Crippen molar-refractivity contribution in [3.8, 4) is 23.0 Å². The van der Waals surface area contributed by atoms with Gasteiger partial charge in [-0.25, -0.2) is 4.79 Å². The lowest BCUT2D eigenvalue weighted by Crippen LogP contribution is -2.15. The number of hydrogen-bond donors (Lipinski definition) is 0. The van der Waals surface area contributed by atoms with Crippen LogP contribution in [-0.2, 0) is 11.2 Å².